The van der Waals surface area contributed by atoms with Gasteiger partial charge in [-0.2, -0.15) is 0 Å². The highest BCUT2D eigenvalue weighted by molar-refractivity contribution is 6.08. The number of hydrogen-bond donors (Lipinski definition) is 1. The van der Waals surface area contributed by atoms with E-state index in [9.17, 15) is 4.91 Å². The van der Waals surface area contributed by atoms with Gasteiger partial charge in [0.15, 0.2) is 5.66 Å². The number of benzene rings is 2. The summed E-state index contributed by atoms with van der Waals surface area (Å²) in [5, 5.41) is 6.97. The molecule has 10 nitrogen and oxygen atoms in total. The molecule has 1 saturated carbocycles. The smallest absolute Gasteiger partial charge is 0.160 e. The summed E-state index contributed by atoms with van der Waals surface area (Å²) in [6.07, 6.45) is 5.04. The average Bonchev–Trinajstić information content (AvgIpc) is 3.00. The van der Waals surface area contributed by atoms with Crippen LogP contribution in [-0.2, 0) is 11.3 Å². The second-order valence-corrected chi connectivity index (χ2v) is 13.6. The normalized spacial score (nSPS) is 23.2. The van der Waals surface area contributed by atoms with Crippen LogP contribution in [0.2, 0.25) is 0 Å². The lowest BCUT2D eigenvalue weighted by Crippen LogP contribution is -2.57. The van der Waals surface area contributed by atoms with E-state index in [1.54, 1.807) is 6.20 Å². The van der Waals surface area contributed by atoms with Gasteiger partial charge in [0, 0.05) is 94.3 Å². The third kappa shape index (κ3) is 8.47. The second-order valence-electron chi connectivity index (χ2n) is 13.6. The number of rotatable bonds is 15. The monoisotopic (exact) mass is 628 g/mol. The number of allylic oxidation sites excluding steroid dienone is 1. The van der Waals surface area contributed by atoms with E-state index in [1.165, 1.54) is 38.4 Å². The van der Waals surface area contributed by atoms with E-state index in [2.05, 4.69) is 98.2 Å². The van der Waals surface area contributed by atoms with Gasteiger partial charge in [0.2, 0.25) is 0 Å². The minimum absolute atomic E-state index is 0.0877. The van der Waals surface area contributed by atoms with Gasteiger partial charge >= 0.3 is 0 Å². The Kier molecular flexibility index (Phi) is 11.4. The van der Waals surface area contributed by atoms with Crippen molar-refractivity contribution in [3.8, 4) is 0 Å². The lowest BCUT2D eigenvalue weighted by atomic mass is 9.80. The Bertz CT molecular complexity index is 1370. The summed E-state index contributed by atoms with van der Waals surface area (Å²) in [5.74, 6) is 0.760. The van der Waals surface area contributed by atoms with Crippen molar-refractivity contribution in [1.29, 1.82) is 0 Å². The number of hydrogen-bond acceptors (Lipinski definition) is 10. The molecule has 248 valence electrons. The van der Waals surface area contributed by atoms with Crippen LogP contribution in [0.3, 0.4) is 0 Å². The molecular formula is C36H52N8O2. The fourth-order valence-electron chi connectivity index (χ4n) is 6.70. The van der Waals surface area contributed by atoms with Crippen LogP contribution >= 0.6 is 0 Å². The third-order valence-corrected chi connectivity index (χ3v) is 9.67. The summed E-state index contributed by atoms with van der Waals surface area (Å²) in [4.78, 5) is 30.2. The van der Waals surface area contributed by atoms with Gasteiger partial charge < -0.3 is 24.8 Å². The summed E-state index contributed by atoms with van der Waals surface area (Å²) >= 11 is 0. The Morgan fingerprint density at radius 1 is 1.13 bits per heavy atom. The van der Waals surface area contributed by atoms with Crippen LogP contribution in [-0.4, -0.2) is 112 Å². The van der Waals surface area contributed by atoms with Crippen molar-refractivity contribution >= 4 is 23.8 Å². The van der Waals surface area contributed by atoms with Gasteiger partial charge in [-0.25, -0.2) is 0 Å². The molecule has 10 heteroatoms. The van der Waals surface area contributed by atoms with Crippen LogP contribution in [0.1, 0.15) is 43.4 Å². The molecule has 0 spiro atoms. The molecule has 2 aromatic carbocycles. The number of piperazine rings is 1. The summed E-state index contributed by atoms with van der Waals surface area (Å²) in [5.41, 5.74) is 5.72. The van der Waals surface area contributed by atoms with Crippen molar-refractivity contribution in [3.63, 3.8) is 0 Å². The zero-order valence-corrected chi connectivity index (χ0v) is 28.4. The first-order chi connectivity index (χ1) is 22.2. The Morgan fingerprint density at radius 3 is 2.48 bits per heavy atom. The summed E-state index contributed by atoms with van der Waals surface area (Å²) in [7, 11) is 4.18. The predicted octanol–water partition coefficient (Wildman–Crippen LogP) is 5.23. The van der Waals surface area contributed by atoms with Crippen molar-refractivity contribution in [3.05, 3.63) is 76.3 Å². The van der Waals surface area contributed by atoms with Gasteiger partial charge in [-0.15, -0.1) is 4.91 Å². The number of likely N-dealkylation sites (N-methyl/N-ethyl adjacent to an activating group) is 1. The molecule has 2 heterocycles. The quantitative estimate of drug-likeness (QED) is 0.213. The first kappa shape index (κ1) is 33.9. The number of aliphatic imine (C=N–C) groups is 2. The Labute approximate surface area is 275 Å². The van der Waals surface area contributed by atoms with Crippen LogP contribution in [0, 0.1) is 17.7 Å². The van der Waals surface area contributed by atoms with E-state index in [1.807, 2.05) is 27.0 Å². The van der Waals surface area contributed by atoms with Gasteiger partial charge in [0.05, 0.1) is 17.9 Å². The Morgan fingerprint density at radius 2 is 1.85 bits per heavy atom. The molecule has 3 fully saturated rings. The molecule has 0 bridgehead atoms. The highest BCUT2D eigenvalue weighted by atomic mass is 16.5. The first-order valence-electron chi connectivity index (χ1n) is 16.7. The maximum atomic E-state index is 11.9. The minimum Gasteiger partial charge on any atom is -0.375 e. The molecule has 2 aromatic rings. The highest BCUT2D eigenvalue weighted by Gasteiger charge is 2.50. The van der Waals surface area contributed by atoms with E-state index >= 15 is 0 Å². The van der Waals surface area contributed by atoms with Gasteiger partial charge in [-0.1, -0.05) is 12.1 Å². The van der Waals surface area contributed by atoms with Gasteiger partial charge in [0.25, 0.3) is 0 Å². The largest absolute Gasteiger partial charge is 0.375 e. The molecule has 5 rings (SSSR count). The van der Waals surface area contributed by atoms with Crippen molar-refractivity contribution in [2.24, 2.45) is 21.1 Å². The molecule has 46 heavy (non-hydrogen) atoms. The summed E-state index contributed by atoms with van der Waals surface area (Å²) in [6, 6.07) is 15.0. The van der Waals surface area contributed by atoms with Crippen molar-refractivity contribution in [1.82, 2.24) is 14.7 Å². The zero-order valence-electron chi connectivity index (χ0n) is 28.4. The Hall–Kier alpha value is -3.44. The molecule has 0 atom stereocenters. The van der Waals surface area contributed by atoms with E-state index in [-0.39, 0.29) is 12.2 Å². The number of nitrogens with zero attached hydrogens (tertiary/aromatic N) is 7. The number of nitroso groups, excluding NO2 is 1. The molecule has 1 N–H and O–H groups in total. The van der Waals surface area contributed by atoms with Crippen LogP contribution < -0.4 is 10.2 Å². The molecule has 3 aliphatic rings. The van der Waals surface area contributed by atoms with Crippen molar-refractivity contribution in [2.45, 2.75) is 58.0 Å². The molecule has 1 aliphatic carbocycles. The van der Waals surface area contributed by atoms with Crippen LogP contribution in [0.15, 0.2) is 69.9 Å². The van der Waals surface area contributed by atoms with Crippen molar-refractivity contribution < 1.29 is 4.74 Å². The number of ether oxygens (including phenoxy) is 1. The number of anilines is 2. The van der Waals surface area contributed by atoms with Gasteiger partial charge in [-0.3, -0.25) is 14.9 Å². The lowest BCUT2D eigenvalue weighted by molar-refractivity contribution is -0.118. The van der Waals surface area contributed by atoms with E-state index in [0.717, 1.165) is 47.1 Å². The van der Waals surface area contributed by atoms with E-state index in [4.69, 9.17) is 9.73 Å². The summed E-state index contributed by atoms with van der Waals surface area (Å²) in [6.45, 7) is 19.0. The number of nitrogens with one attached hydrogen (secondary N) is 1. The maximum absolute atomic E-state index is 11.9. The average molecular weight is 629 g/mol. The van der Waals surface area contributed by atoms with E-state index < -0.39 is 5.66 Å². The predicted molar refractivity (Wildman–Crippen MR) is 190 cm³/mol. The first-order valence-corrected chi connectivity index (χ1v) is 16.7. The zero-order chi connectivity index (χ0) is 32.7. The summed E-state index contributed by atoms with van der Waals surface area (Å²) < 4.78 is 5.88. The molecule has 0 radical (unpaired) electrons. The van der Waals surface area contributed by atoms with Crippen molar-refractivity contribution in [2.75, 3.05) is 76.8 Å². The SMILES string of the molecule is C=N/C=C\C(=NCNc1ccc(N2CC(CN3CCN(C)CC3)C2)cc1)c1ccc(CN(C)C2(N=O)CC(OC(C)C)C2)c(C)c1. The lowest BCUT2D eigenvalue weighted by Gasteiger charge is -2.47. The third-order valence-electron chi connectivity index (χ3n) is 9.67. The molecule has 2 saturated heterocycles. The number of aryl methyl sites for hydroxylation is 1. The van der Waals surface area contributed by atoms with Gasteiger partial charge in [-0.05, 0) is 94.3 Å². The molecular weight excluding hydrogens is 576 g/mol. The Balaban J connectivity index is 1.13. The fraction of sp³-hybridized carbons (Fsp3) is 0.556. The molecule has 0 aromatic heterocycles. The van der Waals surface area contributed by atoms with E-state index in [0.29, 0.717) is 26.1 Å². The topological polar surface area (TPSA) is 88.4 Å². The van der Waals surface area contributed by atoms with Gasteiger partial charge in [0.1, 0.15) is 6.67 Å². The fourth-order valence-corrected chi connectivity index (χ4v) is 6.70. The maximum Gasteiger partial charge on any atom is 0.160 e. The van der Waals surface area contributed by atoms with Crippen LogP contribution in [0.4, 0.5) is 11.4 Å². The minimum atomic E-state index is -0.707. The second kappa shape index (κ2) is 15.4. The van der Waals surface area contributed by atoms with Crippen LogP contribution in [0.25, 0.3) is 0 Å². The molecule has 0 unspecified atom stereocenters. The van der Waals surface area contributed by atoms with Crippen LogP contribution in [0.5, 0.6) is 0 Å². The molecule has 2 aliphatic heterocycles. The standard InChI is InChI=1S/C36H52N8O2/c1-27(2)46-34-20-36(21-34,40-45)42(6)25-31-8-7-30(19-28(31)3)35(13-14-37-4)39-26-38-32-9-11-33(12-10-32)44-23-29(24-44)22-43-17-15-41(5)16-18-43/h7-14,19,27,29,34,38H,4,15-18,20-26H2,1-3,5-6H3/b14-13-,39-35?. The molecule has 0 amide bonds. The highest BCUT2D eigenvalue weighted by Crippen LogP contribution is 2.41.